The highest BCUT2D eigenvalue weighted by molar-refractivity contribution is 6.36. The summed E-state index contributed by atoms with van der Waals surface area (Å²) in [4.78, 5) is 6.88. The van der Waals surface area contributed by atoms with Crippen LogP contribution in [0.3, 0.4) is 0 Å². The first-order valence-corrected chi connectivity index (χ1v) is 15.4. The van der Waals surface area contributed by atoms with Crippen LogP contribution in [0, 0.1) is 23.0 Å². The van der Waals surface area contributed by atoms with Gasteiger partial charge in [0.1, 0.15) is 23.4 Å². The lowest BCUT2D eigenvalue weighted by molar-refractivity contribution is 0.146. The van der Waals surface area contributed by atoms with Crippen molar-refractivity contribution in [3.8, 4) is 6.07 Å². The second kappa shape index (κ2) is 13.0. The molecule has 1 aliphatic rings. The summed E-state index contributed by atoms with van der Waals surface area (Å²) in [6.07, 6.45) is 5.32. The summed E-state index contributed by atoms with van der Waals surface area (Å²) in [6, 6.07) is 16.4. The average Bonchev–Trinajstić information content (AvgIpc) is 3.53. The number of fused-ring (bicyclic) bond motifs is 1. The number of halogens is 4. The Hall–Kier alpha value is -4.30. The summed E-state index contributed by atoms with van der Waals surface area (Å²) in [5.41, 5.74) is 3.70. The van der Waals surface area contributed by atoms with Crippen molar-refractivity contribution in [3.05, 3.63) is 105 Å². The van der Waals surface area contributed by atoms with Crippen LogP contribution >= 0.6 is 23.2 Å². The summed E-state index contributed by atoms with van der Waals surface area (Å²) in [5, 5.41) is 26.5. The molecule has 1 saturated heterocycles. The van der Waals surface area contributed by atoms with Crippen molar-refractivity contribution in [2.45, 2.75) is 44.8 Å². The molecule has 45 heavy (non-hydrogen) atoms. The maximum atomic E-state index is 13.9. The molecule has 0 unspecified atom stereocenters. The molecule has 8 nitrogen and oxygen atoms in total. The minimum Gasteiger partial charge on any atom is -0.373 e. The quantitative estimate of drug-likeness (QED) is 0.175. The smallest absolute Gasteiger partial charge is 0.141 e. The Morgan fingerprint density at radius 1 is 0.978 bits per heavy atom. The molecule has 2 aromatic heterocycles. The maximum Gasteiger partial charge on any atom is 0.141 e. The predicted molar refractivity (Wildman–Crippen MR) is 173 cm³/mol. The SMILES string of the molecule is CC(C)N1CCC(n2cc([C@@H](Nc3cc(Cl)c4ncc(C#N)c(Nc5ccc(F)c(Cl)c5)c4c3)c3ccc(F)cc3)nn2)CC1. The van der Waals surface area contributed by atoms with Crippen LogP contribution in [0.5, 0.6) is 0 Å². The van der Waals surface area contributed by atoms with Crippen molar-refractivity contribution in [3.63, 3.8) is 0 Å². The summed E-state index contributed by atoms with van der Waals surface area (Å²) < 4.78 is 29.7. The second-order valence-electron chi connectivity index (χ2n) is 11.4. The van der Waals surface area contributed by atoms with Crippen LogP contribution in [0.25, 0.3) is 10.9 Å². The fourth-order valence-electron chi connectivity index (χ4n) is 5.70. The van der Waals surface area contributed by atoms with E-state index in [0.29, 0.717) is 44.7 Å². The van der Waals surface area contributed by atoms with Gasteiger partial charge in [-0.1, -0.05) is 40.5 Å². The van der Waals surface area contributed by atoms with Gasteiger partial charge in [0.2, 0.25) is 0 Å². The standard InChI is InChI=1S/C33H30Cl2F2N8/c1-19(2)44-11-9-25(10-12-44)45-18-30(42-43-45)32(20-3-5-22(36)6-4-20)41-24-13-26-31(40-23-7-8-29(37)27(34)14-23)21(16-38)17-39-33(26)28(35)15-24/h3-8,13-15,17-19,25,32,41H,9-12H2,1-2H3,(H,39,40)/t32-/m0/s1. The van der Waals surface area contributed by atoms with Gasteiger partial charge in [-0.2, -0.15) is 5.26 Å². The molecule has 0 radical (unpaired) electrons. The van der Waals surface area contributed by atoms with Crippen LogP contribution in [-0.4, -0.2) is 44.0 Å². The number of pyridine rings is 1. The minimum absolute atomic E-state index is 0.0575. The first-order chi connectivity index (χ1) is 21.7. The van der Waals surface area contributed by atoms with Gasteiger partial charge in [0, 0.05) is 42.1 Å². The van der Waals surface area contributed by atoms with E-state index in [4.69, 9.17) is 23.2 Å². The first-order valence-electron chi connectivity index (χ1n) is 14.6. The van der Waals surface area contributed by atoms with Gasteiger partial charge in [-0.15, -0.1) is 5.10 Å². The molecule has 12 heteroatoms. The largest absolute Gasteiger partial charge is 0.373 e. The minimum atomic E-state index is -0.554. The molecule has 230 valence electrons. The van der Waals surface area contributed by atoms with Gasteiger partial charge in [0.15, 0.2) is 0 Å². The van der Waals surface area contributed by atoms with Crippen molar-refractivity contribution in [1.29, 1.82) is 5.26 Å². The third-order valence-corrected chi connectivity index (χ3v) is 8.75. The zero-order valence-electron chi connectivity index (χ0n) is 24.6. The van der Waals surface area contributed by atoms with Crippen LogP contribution in [0.15, 0.2) is 67.0 Å². The van der Waals surface area contributed by atoms with Crippen molar-refractivity contribution < 1.29 is 8.78 Å². The molecule has 0 bridgehead atoms. The predicted octanol–water partition coefficient (Wildman–Crippen LogP) is 8.27. The molecule has 6 rings (SSSR count). The van der Waals surface area contributed by atoms with Gasteiger partial charge in [-0.3, -0.25) is 4.98 Å². The highest BCUT2D eigenvalue weighted by Crippen LogP contribution is 2.37. The van der Waals surface area contributed by atoms with Crippen molar-refractivity contribution in [1.82, 2.24) is 24.9 Å². The Labute approximate surface area is 269 Å². The molecule has 0 saturated carbocycles. The van der Waals surface area contributed by atoms with E-state index < -0.39 is 11.9 Å². The number of nitriles is 1. The van der Waals surface area contributed by atoms with Crippen molar-refractivity contribution in [2.75, 3.05) is 23.7 Å². The molecular formula is C33H30Cl2F2N8. The zero-order valence-corrected chi connectivity index (χ0v) is 26.1. The normalized spacial score (nSPS) is 14.9. The Kier molecular flexibility index (Phi) is 8.85. The number of likely N-dealkylation sites (tertiary alicyclic amines) is 1. The summed E-state index contributed by atoms with van der Waals surface area (Å²) in [7, 11) is 0. The topological polar surface area (TPSA) is 94.7 Å². The number of piperidine rings is 1. The molecule has 0 spiro atoms. The van der Waals surface area contributed by atoms with E-state index >= 15 is 0 Å². The highest BCUT2D eigenvalue weighted by Gasteiger charge is 2.25. The molecular weight excluding hydrogens is 617 g/mol. The number of benzene rings is 3. The Morgan fingerprint density at radius 2 is 1.71 bits per heavy atom. The Morgan fingerprint density at radius 3 is 2.40 bits per heavy atom. The van der Waals surface area contributed by atoms with Gasteiger partial charge in [-0.25, -0.2) is 13.5 Å². The van der Waals surface area contributed by atoms with Crippen molar-refractivity contribution in [2.24, 2.45) is 0 Å². The number of aromatic nitrogens is 4. The fraction of sp³-hybridized carbons (Fsp3) is 0.273. The molecule has 3 aromatic carbocycles. The van der Waals surface area contributed by atoms with Crippen LogP contribution < -0.4 is 10.6 Å². The average molecular weight is 648 g/mol. The molecule has 0 aliphatic carbocycles. The fourth-order valence-corrected chi connectivity index (χ4v) is 6.15. The van der Waals surface area contributed by atoms with Gasteiger partial charge in [0.25, 0.3) is 0 Å². The number of hydrogen-bond donors (Lipinski definition) is 2. The van der Waals surface area contributed by atoms with Gasteiger partial charge < -0.3 is 15.5 Å². The van der Waals surface area contributed by atoms with Crippen LogP contribution in [-0.2, 0) is 0 Å². The Bertz CT molecular complexity index is 1880. The van der Waals surface area contributed by atoms with E-state index in [0.717, 1.165) is 31.5 Å². The van der Waals surface area contributed by atoms with Crippen LogP contribution in [0.2, 0.25) is 10.0 Å². The zero-order chi connectivity index (χ0) is 31.7. The Balaban J connectivity index is 1.37. The number of nitrogens with zero attached hydrogens (tertiary/aromatic N) is 6. The van der Waals surface area contributed by atoms with E-state index in [2.05, 4.69) is 50.7 Å². The van der Waals surface area contributed by atoms with Crippen molar-refractivity contribution >= 4 is 51.2 Å². The summed E-state index contributed by atoms with van der Waals surface area (Å²) in [6.45, 7) is 6.40. The number of nitrogens with one attached hydrogen (secondary N) is 2. The lowest BCUT2D eigenvalue weighted by Gasteiger charge is -2.34. The monoisotopic (exact) mass is 646 g/mol. The first kappa shape index (κ1) is 30.7. The van der Waals surface area contributed by atoms with E-state index in [1.165, 1.54) is 36.5 Å². The lowest BCUT2D eigenvalue weighted by Crippen LogP contribution is -2.39. The highest BCUT2D eigenvalue weighted by atomic mass is 35.5. The van der Waals surface area contributed by atoms with E-state index in [-0.39, 0.29) is 22.4 Å². The number of anilines is 3. The van der Waals surface area contributed by atoms with Crippen LogP contribution in [0.4, 0.5) is 25.8 Å². The third kappa shape index (κ3) is 6.57. The molecule has 0 amide bonds. The summed E-state index contributed by atoms with van der Waals surface area (Å²) in [5.74, 6) is -0.903. The molecule has 1 fully saturated rings. The third-order valence-electron chi connectivity index (χ3n) is 8.18. The molecule has 1 atom stereocenters. The number of hydrogen-bond acceptors (Lipinski definition) is 7. The van der Waals surface area contributed by atoms with E-state index in [1.807, 2.05) is 16.9 Å². The lowest BCUT2D eigenvalue weighted by atomic mass is 10.0. The second-order valence-corrected chi connectivity index (χ2v) is 12.2. The van der Waals surface area contributed by atoms with Gasteiger partial charge >= 0.3 is 0 Å². The molecule has 1 aliphatic heterocycles. The van der Waals surface area contributed by atoms with Gasteiger partial charge in [-0.05, 0) is 74.7 Å². The van der Waals surface area contributed by atoms with Gasteiger partial charge in [0.05, 0.1) is 45.1 Å². The van der Waals surface area contributed by atoms with Crippen LogP contribution in [0.1, 0.15) is 55.6 Å². The summed E-state index contributed by atoms with van der Waals surface area (Å²) >= 11 is 12.8. The van der Waals surface area contributed by atoms with E-state index in [9.17, 15) is 14.0 Å². The molecule has 5 aromatic rings. The maximum absolute atomic E-state index is 13.9. The number of rotatable bonds is 8. The molecule has 3 heterocycles. The molecule has 2 N–H and O–H groups in total. The van der Waals surface area contributed by atoms with E-state index in [1.54, 1.807) is 18.2 Å².